The lowest BCUT2D eigenvalue weighted by Crippen LogP contribution is -2.35. The van der Waals surface area contributed by atoms with Gasteiger partial charge in [0.15, 0.2) is 0 Å². The lowest BCUT2D eigenvalue weighted by atomic mass is 9.87. The van der Waals surface area contributed by atoms with Gasteiger partial charge in [0, 0.05) is 35.8 Å². The van der Waals surface area contributed by atoms with Crippen molar-refractivity contribution in [1.82, 2.24) is 15.1 Å². The van der Waals surface area contributed by atoms with E-state index >= 15 is 0 Å². The number of aromatic nitrogens is 2. The highest BCUT2D eigenvalue weighted by Gasteiger charge is 2.28. The van der Waals surface area contributed by atoms with E-state index in [1.807, 2.05) is 62.6 Å². The van der Waals surface area contributed by atoms with Gasteiger partial charge in [0.05, 0.1) is 6.20 Å². The molecule has 1 aliphatic rings. The quantitative estimate of drug-likeness (QED) is 0.650. The molecule has 1 aliphatic carbocycles. The molecule has 0 bridgehead atoms. The molecule has 0 fully saturated rings. The predicted octanol–water partition coefficient (Wildman–Crippen LogP) is 4.93. The third kappa shape index (κ3) is 4.30. The first kappa shape index (κ1) is 19.5. The van der Waals surface area contributed by atoms with E-state index in [4.69, 9.17) is 16.3 Å². The monoisotopic (exact) mass is 409 g/mol. The van der Waals surface area contributed by atoms with Crippen molar-refractivity contribution in [3.05, 3.63) is 76.1 Å². The Kier molecular flexibility index (Phi) is 5.58. The number of nitrogens with one attached hydrogen (secondary N) is 1. The number of nitrogens with zero attached hydrogens (tertiary/aromatic N) is 2. The van der Waals surface area contributed by atoms with E-state index in [2.05, 4.69) is 10.2 Å². The molecule has 2 aromatic carbocycles. The molecule has 4 rings (SSSR count). The SMILES string of the molecule is Cc1ccc(Cl)cc1Oc1ccccc1CN(C)C(=O)C1CCc2[nH]ncc2C1. The Bertz CT molecular complexity index is 1030. The van der Waals surface area contributed by atoms with Crippen LogP contribution in [0.3, 0.4) is 0 Å². The third-order valence-electron chi connectivity index (χ3n) is 5.49. The van der Waals surface area contributed by atoms with Crippen LogP contribution < -0.4 is 4.74 Å². The summed E-state index contributed by atoms with van der Waals surface area (Å²) in [6, 6.07) is 13.4. The number of hydrogen-bond acceptors (Lipinski definition) is 3. The average molecular weight is 410 g/mol. The summed E-state index contributed by atoms with van der Waals surface area (Å²) in [5.41, 5.74) is 4.28. The van der Waals surface area contributed by atoms with Gasteiger partial charge in [-0.05, 0) is 55.5 Å². The number of H-pyrrole nitrogens is 1. The van der Waals surface area contributed by atoms with Crippen LogP contribution in [-0.2, 0) is 24.2 Å². The average Bonchev–Trinajstić information content (AvgIpc) is 3.19. The summed E-state index contributed by atoms with van der Waals surface area (Å²) < 4.78 is 6.15. The smallest absolute Gasteiger partial charge is 0.226 e. The summed E-state index contributed by atoms with van der Waals surface area (Å²) in [5.74, 6) is 1.61. The number of benzene rings is 2. The Morgan fingerprint density at radius 2 is 2.10 bits per heavy atom. The van der Waals surface area contributed by atoms with Crippen LogP contribution >= 0.6 is 11.6 Å². The Balaban J connectivity index is 1.48. The second-order valence-corrected chi connectivity index (χ2v) is 8.06. The van der Waals surface area contributed by atoms with Gasteiger partial charge < -0.3 is 9.64 Å². The first-order chi connectivity index (χ1) is 14.0. The highest BCUT2D eigenvalue weighted by molar-refractivity contribution is 6.30. The number of carbonyl (C=O) groups is 1. The van der Waals surface area contributed by atoms with Gasteiger partial charge in [-0.2, -0.15) is 5.10 Å². The summed E-state index contributed by atoms with van der Waals surface area (Å²) in [7, 11) is 1.86. The number of rotatable bonds is 5. The summed E-state index contributed by atoms with van der Waals surface area (Å²) in [4.78, 5) is 14.8. The van der Waals surface area contributed by atoms with Crippen LogP contribution in [0.5, 0.6) is 11.5 Å². The Morgan fingerprint density at radius 3 is 2.97 bits per heavy atom. The number of halogens is 1. The molecule has 0 radical (unpaired) electrons. The molecule has 0 spiro atoms. The van der Waals surface area contributed by atoms with Crippen LogP contribution in [0, 0.1) is 12.8 Å². The maximum absolute atomic E-state index is 13.0. The summed E-state index contributed by atoms with van der Waals surface area (Å²) >= 11 is 6.12. The molecule has 0 saturated carbocycles. The van der Waals surface area contributed by atoms with Crippen molar-refractivity contribution in [2.75, 3.05) is 7.05 Å². The highest BCUT2D eigenvalue weighted by Crippen LogP contribution is 2.31. The molecule has 3 aromatic rings. The third-order valence-corrected chi connectivity index (χ3v) is 5.73. The molecule has 6 heteroatoms. The first-order valence-corrected chi connectivity index (χ1v) is 10.2. The minimum atomic E-state index is -0.00615. The number of para-hydroxylation sites is 1. The second kappa shape index (κ2) is 8.29. The summed E-state index contributed by atoms with van der Waals surface area (Å²) in [5, 5.41) is 7.75. The Hall–Kier alpha value is -2.79. The van der Waals surface area contributed by atoms with Crippen molar-refractivity contribution in [2.45, 2.75) is 32.7 Å². The van der Waals surface area contributed by atoms with Gasteiger partial charge in [0.1, 0.15) is 11.5 Å². The molecule has 1 N–H and O–H groups in total. The zero-order valence-electron chi connectivity index (χ0n) is 16.6. The summed E-state index contributed by atoms with van der Waals surface area (Å²) in [6.07, 6.45) is 4.30. The molecule has 5 nitrogen and oxygen atoms in total. The van der Waals surface area contributed by atoms with Gasteiger partial charge in [-0.1, -0.05) is 35.9 Å². The number of hydrogen-bond donors (Lipinski definition) is 1. The molecule has 150 valence electrons. The van der Waals surface area contributed by atoms with Crippen LogP contribution in [0.25, 0.3) is 0 Å². The number of carbonyl (C=O) groups excluding carboxylic acids is 1. The lowest BCUT2D eigenvalue weighted by molar-refractivity contribution is -0.135. The van der Waals surface area contributed by atoms with Gasteiger partial charge in [-0.25, -0.2) is 0 Å². The lowest BCUT2D eigenvalue weighted by Gasteiger charge is -2.27. The normalized spacial score (nSPS) is 15.6. The fourth-order valence-electron chi connectivity index (χ4n) is 3.81. The Labute approximate surface area is 175 Å². The van der Waals surface area contributed by atoms with Crippen LogP contribution in [0.1, 0.15) is 28.8 Å². The van der Waals surface area contributed by atoms with E-state index in [9.17, 15) is 4.79 Å². The van der Waals surface area contributed by atoms with Gasteiger partial charge in [-0.3, -0.25) is 9.89 Å². The molecule has 1 amide bonds. The number of aromatic amines is 1. The first-order valence-electron chi connectivity index (χ1n) is 9.79. The topological polar surface area (TPSA) is 58.2 Å². The van der Waals surface area contributed by atoms with Gasteiger partial charge in [-0.15, -0.1) is 0 Å². The fraction of sp³-hybridized carbons (Fsp3) is 0.304. The van der Waals surface area contributed by atoms with Crippen LogP contribution in [0.4, 0.5) is 0 Å². The molecule has 1 aromatic heterocycles. The van der Waals surface area contributed by atoms with Crippen molar-refractivity contribution < 1.29 is 9.53 Å². The maximum Gasteiger partial charge on any atom is 0.226 e. The van der Waals surface area contributed by atoms with Gasteiger partial charge in [0.25, 0.3) is 0 Å². The minimum absolute atomic E-state index is 0.00615. The molecule has 0 saturated heterocycles. The molecular formula is C23H24ClN3O2. The zero-order valence-corrected chi connectivity index (χ0v) is 17.4. The van der Waals surface area contributed by atoms with E-state index in [1.165, 1.54) is 0 Å². The molecule has 1 unspecified atom stereocenters. The van der Waals surface area contributed by atoms with E-state index in [0.29, 0.717) is 11.6 Å². The number of fused-ring (bicyclic) bond motifs is 1. The standard InChI is InChI=1S/C23H24ClN3O2/c1-15-7-9-19(24)12-22(15)29-21-6-4-3-5-17(21)14-27(2)23(28)16-8-10-20-18(11-16)13-25-26-20/h3-7,9,12-13,16H,8,10-11,14H2,1-2H3,(H,25,26). The van der Waals surface area contributed by atoms with Crippen molar-refractivity contribution >= 4 is 17.5 Å². The van der Waals surface area contributed by atoms with Crippen molar-refractivity contribution in [1.29, 1.82) is 0 Å². The van der Waals surface area contributed by atoms with Crippen molar-refractivity contribution in [2.24, 2.45) is 5.92 Å². The zero-order chi connectivity index (χ0) is 20.4. The van der Waals surface area contributed by atoms with E-state index in [-0.39, 0.29) is 11.8 Å². The van der Waals surface area contributed by atoms with Gasteiger partial charge >= 0.3 is 0 Å². The molecule has 29 heavy (non-hydrogen) atoms. The summed E-state index contributed by atoms with van der Waals surface area (Å²) in [6.45, 7) is 2.47. The van der Waals surface area contributed by atoms with E-state index in [1.54, 1.807) is 4.90 Å². The van der Waals surface area contributed by atoms with Crippen LogP contribution in [0.2, 0.25) is 5.02 Å². The van der Waals surface area contributed by atoms with E-state index in [0.717, 1.165) is 53.1 Å². The maximum atomic E-state index is 13.0. The Morgan fingerprint density at radius 1 is 1.28 bits per heavy atom. The molecular weight excluding hydrogens is 386 g/mol. The van der Waals surface area contributed by atoms with Crippen LogP contribution in [-0.4, -0.2) is 28.1 Å². The second-order valence-electron chi connectivity index (χ2n) is 7.63. The number of amides is 1. The number of ether oxygens (including phenoxy) is 1. The molecule has 0 aliphatic heterocycles. The van der Waals surface area contributed by atoms with E-state index < -0.39 is 0 Å². The number of aryl methyl sites for hydroxylation is 2. The predicted molar refractivity (Wildman–Crippen MR) is 113 cm³/mol. The largest absolute Gasteiger partial charge is 0.457 e. The molecule has 1 atom stereocenters. The fourth-order valence-corrected chi connectivity index (χ4v) is 3.97. The van der Waals surface area contributed by atoms with Crippen molar-refractivity contribution in [3.8, 4) is 11.5 Å². The highest BCUT2D eigenvalue weighted by atomic mass is 35.5. The van der Waals surface area contributed by atoms with Crippen molar-refractivity contribution in [3.63, 3.8) is 0 Å². The minimum Gasteiger partial charge on any atom is -0.457 e. The molecule has 1 heterocycles. The van der Waals surface area contributed by atoms with Gasteiger partial charge in [0.2, 0.25) is 5.91 Å². The van der Waals surface area contributed by atoms with Crippen LogP contribution in [0.15, 0.2) is 48.7 Å².